The van der Waals surface area contributed by atoms with E-state index in [9.17, 15) is 22.8 Å². The standard InChI is InChI=1S/C15H15F3N2O2/c16-15(17,18)10-3-1-2-4-11(10)20-13(22)14(7-8-14)12(21)19-9-5-6-9/h1-4,9H,5-8H2,(H,19,21)(H,20,22). The zero-order valence-electron chi connectivity index (χ0n) is 11.7. The Morgan fingerprint density at radius 3 is 2.27 bits per heavy atom. The van der Waals surface area contributed by atoms with Gasteiger partial charge in [0, 0.05) is 6.04 Å². The number of carbonyl (C=O) groups excluding carboxylic acids is 2. The fourth-order valence-corrected chi connectivity index (χ4v) is 2.31. The summed E-state index contributed by atoms with van der Waals surface area (Å²) in [5.74, 6) is -1.04. The van der Waals surface area contributed by atoms with Crippen molar-refractivity contribution in [2.75, 3.05) is 5.32 Å². The first kappa shape index (κ1) is 14.9. The molecule has 22 heavy (non-hydrogen) atoms. The molecule has 7 heteroatoms. The lowest BCUT2D eigenvalue weighted by Gasteiger charge is -2.18. The largest absolute Gasteiger partial charge is 0.418 e. The van der Waals surface area contributed by atoms with E-state index < -0.39 is 23.1 Å². The van der Waals surface area contributed by atoms with Gasteiger partial charge in [0.2, 0.25) is 11.8 Å². The van der Waals surface area contributed by atoms with Crippen LogP contribution in [0.1, 0.15) is 31.2 Å². The Bertz CT molecular complexity index is 619. The lowest BCUT2D eigenvalue weighted by atomic mass is 10.0. The van der Waals surface area contributed by atoms with Gasteiger partial charge in [-0.3, -0.25) is 9.59 Å². The molecule has 0 bridgehead atoms. The number of hydrogen-bond acceptors (Lipinski definition) is 2. The van der Waals surface area contributed by atoms with Gasteiger partial charge >= 0.3 is 6.18 Å². The summed E-state index contributed by atoms with van der Waals surface area (Å²) in [5.41, 5.74) is -2.44. The highest BCUT2D eigenvalue weighted by molar-refractivity contribution is 6.13. The van der Waals surface area contributed by atoms with E-state index in [1.54, 1.807) is 0 Å². The van der Waals surface area contributed by atoms with Crippen molar-refractivity contribution in [3.05, 3.63) is 29.8 Å². The van der Waals surface area contributed by atoms with Crippen LogP contribution in [0, 0.1) is 5.41 Å². The molecule has 2 N–H and O–H groups in total. The van der Waals surface area contributed by atoms with Gasteiger partial charge in [0.15, 0.2) is 0 Å². The van der Waals surface area contributed by atoms with E-state index in [1.807, 2.05) is 0 Å². The molecule has 3 rings (SSSR count). The maximum atomic E-state index is 12.9. The first-order valence-electron chi connectivity index (χ1n) is 7.11. The molecule has 2 aliphatic carbocycles. The highest BCUT2D eigenvalue weighted by Gasteiger charge is 2.57. The van der Waals surface area contributed by atoms with Crippen LogP contribution >= 0.6 is 0 Å². The monoisotopic (exact) mass is 312 g/mol. The summed E-state index contributed by atoms with van der Waals surface area (Å²) in [5, 5.41) is 5.02. The predicted octanol–water partition coefficient (Wildman–Crippen LogP) is 2.70. The van der Waals surface area contributed by atoms with Gasteiger partial charge in [-0.2, -0.15) is 13.2 Å². The molecule has 0 atom stereocenters. The number of halogens is 3. The topological polar surface area (TPSA) is 58.2 Å². The molecule has 0 unspecified atom stereocenters. The number of alkyl halides is 3. The molecule has 0 aromatic heterocycles. The van der Waals surface area contributed by atoms with Gasteiger partial charge in [-0.1, -0.05) is 12.1 Å². The van der Waals surface area contributed by atoms with Crippen molar-refractivity contribution in [3.8, 4) is 0 Å². The molecular formula is C15H15F3N2O2. The first-order valence-corrected chi connectivity index (χ1v) is 7.11. The van der Waals surface area contributed by atoms with Crippen LogP contribution in [0.3, 0.4) is 0 Å². The lowest BCUT2D eigenvalue weighted by molar-refractivity contribution is -0.137. The number of hydrogen-bond donors (Lipinski definition) is 2. The van der Waals surface area contributed by atoms with Crippen LogP contribution < -0.4 is 10.6 Å². The van der Waals surface area contributed by atoms with E-state index in [-0.39, 0.29) is 17.6 Å². The van der Waals surface area contributed by atoms with Gasteiger partial charge in [0.1, 0.15) is 5.41 Å². The summed E-state index contributed by atoms with van der Waals surface area (Å²) in [6, 6.07) is 4.87. The fraction of sp³-hybridized carbons (Fsp3) is 0.467. The summed E-state index contributed by atoms with van der Waals surface area (Å²) in [4.78, 5) is 24.4. The van der Waals surface area contributed by atoms with Crippen molar-refractivity contribution in [2.24, 2.45) is 5.41 Å². The maximum Gasteiger partial charge on any atom is 0.418 e. The van der Waals surface area contributed by atoms with E-state index in [0.717, 1.165) is 18.9 Å². The molecule has 2 aliphatic rings. The second-order valence-electron chi connectivity index (χ2n) is 5.83. The molecule has 0 spiro atoms. The average molecular weight is 312 g/mol. The summed E-state index contributed by atoms with van der Waals surface area (Å²) in [6.07, 6.45) is -2.05. The van der Waals surface area contributed by atoms with Crippen LogP contribution in [0.2, 0.25) is 0 Å². The minimum Gasteiger partial charge on any atom is -0.352 e. The van der Waals surface area contributed by atoms with Crippen molar-refractivity contribution in [1.82, 2.24) is 5.32 Å². The second kappa shape index (κ2) is 5.00. The van der Waals surface area contributed by atoms with Gasteiger partial charge in [0.25, 0.3) is 0 Å². The Morgan fingerprint density at radius 1 is 1.09 bits per heavy atom. The van der Waals surface area contributed by atoms with E-state index in [2.05, 4.69) is 10.6 Å². The maximum absolute atomic E-state index is 12.9. The van der Waals surface area contributed by atoms with Gasteiger partial charge < -0.3 is 10.6 Å². The van der Waals surface area contributed by atoms with Crippen molar-refractivity contribution >= 4 is 17.5 Å². The Hall–Kier alpha value is -2.05. The third kappa shape index (κ3) is 2.80. The highest BCUT2D eigenvalue weighted by Crippen LogP contribution is 2.48. The number of benzene rings is 1. The number of nitrogens with one attached hydrogen (secondary N) is 2. The molecule has 0 radical (unpaired) electrons. The summed E-state index contributed by atoms with van der Waals surface area (Å²) in [7, 11) is 0. The Morgan fingerprint density at radius 2 is 1.73 bits per heavy atom. The quantitative estimate of drug-likeness (QED) is 0.840. The molecule has 2 amide bonds. The Labute approximate surface area is 125 Å². The summed E-state index contributed by atoms with van der Waals surface area (Å²) >= 11 is 0. The molecule has 1 aromatic carbocycles. The molecule has 2 fully saturated rings. The number of rotatable bonds is 4. The zero-order valence-corrected chi connectivity index (χ0v) is 11.7. The number of para-hydroxylation sites is 1. The molecular weight excluding hydrogens is 297 g/mol. The Kier molecular flexibility index (Phi) is 3.38. The first-order chi connectivity index (χ1) is 10.3. The minimum atomic E-state index is -4.56. The SMILES string of the molecule is O=C(Nc1ccccc1C(F)(F)F)C1(C(=O)NC2CC2)CC1. The molecule has 0 saturated heterocycles. The summed E-state index contributed by atoms with van der Waals surface area (Å²) < 4.78 is 38.8. The van der Waals surface area contributed by atoms with E-state index in [0.29, 0.717) is 12.8 Å². The Balaban J connectivity index is 1.76. The van der Waals surface area contributed by atoms with Crippen molar-refractivity contribution < 1.29 is 22.8 Å². The fourth-order valence-electron chi connectivity index (χ4n) is 2.31. The zero-order chi connectivity index (χ0) is 16.0. The van der Waals surface area contributed by atoms with Gasteiger partial charge in [0.05, 0.1) is 11.3 Å². The minimum absolute atomic E-state index is 0.111. The highest BCUT2D eigenvalue weighted by atomic mass is 19.4. The van der Waals surface area contributed by atoms with Gasteiger partial charge in [-0.25, -0.2) is 0 Å². The van der Waals surface area contributed by atoms with Crippen LogP contribution in [0.5, 0.6) is 0 Å². The van der Waals surface area contributed by atoms with Crippen LogP contribution in [0.25, 0.3) is 0 Å². The van der Waals surface area contributed by atoms with Gasteiger partial charge in [-0.05, 0) is 37.8 Å². The van der Waals surface area contributed by atoms with E-state index >= 15 is 0 Å². The third-order valence-corrected chi connectivity index (χ3v) is 4.01. The molecule has 0 heterocycles. The van der Waals surface area contributed by atoms with Crippen molar-refractivity contribution in [2.45, 2.75) is 37.9 Å². The summed E-state index contributed by atoms with van der Waals surface area (Å²) in [6.45, 7) is 0. The van der Waals surface area contributed by atoms with Crippen LogP contribution in [0.4, 0.5) is 18.9 Å². The van der Waals surface area contributed by atoms with Crippen molar-refractivity contribution in [3.63, 3.8) is 0 Å². The number of carbonyl (C=O) groups is 2. The van der Waals surface area contributed by atoms with E-state index in [1.165, 1.54) is 18.2 Å². The molecule has 4 nitrogen and oxygen atoms in total. The third-order valence-electron chi connectivity index (χ3n) is 4.01. The van der Waals surface area contributed by atoms with Crippen molar-refractivity contribution in [1.29, 1.82) is 0 Å². The molecule has 0 aliphatic heterocycles. The number of anilines is 1. The van der Waals surface area contributed by atoms with Crippen LogP contribution in [-0.2, 0) is 15.8 Å². The molecule has 1 aromatic rings. The smallest absolute Gasteiger partial charge is 0.352 e. The predicted molar refractivity (Wildman–Crippen MR) is 72.9 cm³/mol. The average Bonchev–Trinajstić information content (AvgIpc) is 3.32. The lowest BCUT2D eigenvalue weighted by Crippen LogP contribution is -2.41. The second-order valence-corrected chi connectivity index (χ2v) is 5.83. The normalized spacial score (nSPS) is 19.4. The molecule has 2 saturated carbocycles. The van der Waals surface area contributed by atoms with E-state index in [4.69, 9.17) is 0 Å². The van der Waals surface area contributed by atoms with Crippen LogP contribution in [0.15, 0.2) is 24.3 Å². The number of amides is 2. The van der Waals surface area contributed by atoms with Crippen LogP contribution in [-0.4, -0.2) is 17.9 Å². The molecule has 118 valence electrons. The van der Waals surface area contributed by atoms with Gasteiger partial charge in [-0.15, -0.1) is 0 Å².